The first-order valence-electron chi connectivity index (χ1n) is 3.07. The smallest absolute Gasteiger partial charge is 0.282 e. The van der Waals surface area contributed by atoms with Gasteiger partial charge in [0.15, 0.2) is 0 Å². The summed E-state index contributed by atoms with van der Waals surface area (Å²) in [5.74, 6) is 0. The number of hydrogen-bond donors (Lipinski definition) is 1. The summed E-state index contributed by atoms with van der Waals surface area (Å²) in [6.07, 6.45) is 0.615. The van der Waals surface area contributed by atoms with Gasteiger partial charge < -0.3 is 0 Å². The lowest BCUT2D eigenvalue weighted by molar-refractivity contribution is -0.387. The van der Waals surface area contributed by atoms with Gasteiger partial charge in [-0.3, -0.25) is 14.9 Å². The average Bonchev–Trinajstić information content (AvgIpc) is 2.03. The van der Waals surface area contributed by atoms with Crippen LogP contribution in [0.4, 0.5) is 5.69 Å². The fraction of sp³-hybridized carbons (Fsp3) is 0. The zero-order chi connectivity index (χ0) is 9.14. The van der Waals surface area contributed by atoms with E-state index in [1.165, 1.54) is 18.2 Å². The summed E-state index contributed by atoms with van der Waals surface area (Å²) in [6.45, 7) is 0. The summed E-state index contributed by atoms with van der Waals surface area (Å²) in [4.78, 5) is 20.2. The third kappa shape index (κ3) is 1.62. The van der Waals surface area contributed by atoms with Crippen molar-refractivity contribution in [2.24, 2.45) is 0 Å². The highest BCUT2D eigenvalue weighted by Gasteiger charge is 2.09. The Morgan fingerprint density at radius 2 is 2.17 bits per heavy atom. The van der Waals surface area contributed by atoms with Crippen molar-refractivity contribution in [3.63, 3.8) is 0 Å². The number of rotatable bonds is 2. The zero-order valence-corrected chi connectivity index (χ0v) is 6.82. The van der Waals surface area contributed by atoms with Gasteiger partial charge in [-0.25, -0.2) is 0 Å². The Hall–Kier alpha value is -1.36. The van der Waals surface area contributed by atoms with Gasteiger partial charge in [-0.15, -0.1) is 12.6 Å². The highest BCUT2D eigenvalue weighted by atomic mass is 32.1. The molecule has 0 spiro atoms. The average molecular weight is 183 g/mol. The molecule has 0 saturated heterocycles. The van der Waals surface area contributed by atoms with E-state index in [4.69, 9.17) is 0 Å². The molecular formula is C7H5NO3S. The van der Waals surface area contributed by atoms with Gasteiger partial charge in [-0.05, 0) is 12.1 Å². The van der Waals surface area contributed by atoms with Crippen molar-refractivity contribution >= 4 is 24.6 Å². The van der Waals surface area contributed by atoms with E-state index in [-0.39, 0.29) is 10.6 Å². The van der Waals surface area contributed by atoms with Gasteiger partial charge in [-0.2, -0.15) is 0 Å². The standard InChI is InChI=1S/C7H5NO3S/c9-4-5-1-2-6(8(10)11)7(12)3-5/h1-4,12H. The molecule has 0 unspecified atom stereocenters. The van der Waals surface area contributed by atoms with Crippen molar-refractivity contribution in [2.75, 3.05) is 0 Å². The molecule has 0 atom stereocenters. The van der Waals surface area contributed by atoms with Crippen LogP contribution in [0.25, 0.3) is 0 Å². The van der Waals surface area contributed by atoms with Gasteiger partial charge in [0, 0.05) is 11.6 Å². The molecule has 1 aromatic carbocycles. The lowest BCUT2D eigenvalue weighted by atomic mass is 10.2. The summed E-state index contributed by atoms with van der Waals surface area (Å²) >= 11 is 3.86. The Morgan fingerprint density at radius 3 is 2.58 bits per heavy atom. The van der Waals surface area contributed by atoms with E-state index in [0.29, 0.717) is 11.8 Å². The highest BCUT2D eigenvalue weighted by molar-refractivity contribution is 7.80. The van der Waals surface area contributed by atoms with Crippen LogP contribution < -0.4 is 0 Å². The minimum absolute atomic E-state index is 0.0936. The number of nitro groups is 1. The second-order valence-corrected chi connectivity index (χ2v) is 2.60. The molecule has 0 radical (unpaired) electrons. The van der Waals surface area contributed by atoms with Crippen molar-refractivity contribution < 1.29 is 9.72 Å². The number of carbonyl (C=O) groups excluding carboxylic acids is 1. The molecule has 0 aliphatic heterocycles. The number of carbonyl (C=O) groups is 1. The summed E-state index contributed by atoms with van der Waals surface area (Å²) in [5.41, 5.74) is 0.287. The molecule has 0 bridgehead atoms. The largest absolute Gasteiger partial charge is 0.298 e. The molecule has 0 aliphatic carbocycles. The van der Waals surface area contributed by atoms with Crippen molar-refractivity contribution in [1.29, 1.82) is 0 Å². The first-order valence-corrected chi connectivity index (χ1v) is 3.52. The van der Waals surface area contributed by atoms with Crippen LogP contribution in [-0.4, -0.2) is 11.2 Å². The molecule has 0 N–H and O–H groups in total. The van der Waals surface area contributed by atoms with Crippen molar-refractivity contribution in [2.45, 2.75) is 4.90 Å². The molecular weight excluding hydrogens is 178 g/mol. The molecule has 0 heterocycles. The second kappa shape index (κ2) is 3.36. The number of nitro benzene ring substituents is 1. The van der Waals surface area contributed by atoms with E-state index in [2.05, 4.69) is 12.6 Å². The van der Waals surface area contributed by atoms with Crippen molar-refractivity contribution in [3.8, 4) is 0 Å². The Bertz CT molecular complexity index is 337. The zero-order valence-electron chi connectivity index (χ0n) is 5.93. The number of hydrogen-bond acceptors (Lipinski definition) is 4. The van der Waals surface area contributed by atoms with Gasteiger partial charge >= 0.3 is 0 Å². The van der Waals surface area contributed by atoms with Crippen molar-refractivity contribution in [1.82, 2.24) is 0 Å². The molecule has 1 rings (SSSR count). The number of aldehydes is 1. The molecule has 1 aromatic rings. The number of thiol groups is 1. The second-order valence-electron chi connectivity index (χ2n) is 2.12. The maximum atomic E-state index is 10.3. The molecule has 0 aromatic heterocycles. The normalized spacial score (nSPS) is 9.42. The Morgan fingerprint density at radius 1 is 1.50 bits per heavy atom. The maximum absolute atomic E-state index is 10.3. The monoisotopic (exact) mass is 183 g/mol. The molecule has 0 amide bonds. The van der Waals surface area contributed by atoms with E-state index < -0.39 is 4.92 Å². The van der Waals surface area contributed by atoms with Gasteiger partial charge in [-0.1, -0.05) is 0 Å². The third-order valence-corrected chi connectivity index (χ3v) is 1.69. The molecule has 0 saturated carbocycles. The summed E-state index contributed by atoms with van der Waals surface area (Å²) in [5, 5.41) is 10.3. The quantitative estimate of drug-likeness (QED) is 0.328. The first kappa shape index (κ1) is 8.73. The van der Waals surface area contributed by atoms with Crippen LogP contribution in [0.3, 0.4) is 0 Å². The molecule has 12 heavy (non-hydrogen) atoms. The molecule has 5 heteroatoms. The van der Waals surface area contributed by atoms with Gasteiger partial charge in [0.25, 0.3) is 5.69 Å². The van der Waals surface area contributed by atoms with Crippen LogP contribution in [0, 0.1) is 10.1 Å². The minimum atomic E-state index is -0.545. The third-order valence-electron chi connectivity index (χ3n) is 1.33. The molecule has 62 valence electrons. The van der Waals surface area contributed by atoms with Crippen LogP contribution in [-0.2, 0) is 0 Å². The fourth-order valence-corrected chi connectivity index (χ4v) is 1.07. The Kier molecular flexibility index (Phi) is 2.44. The minimum Gasteiger partial charge on any atom is -0.298 e. The number of benzene rings is 1. The van der Waals surface area contributed by atoms with Gasteiger partial charge in [0.05, 0.1) is 9.82 Å². The van der Waals surface area contributed by atoms with Gasteiger partial charge in [0.2, 0.25) is 0 Å². The molecule has 0 fully saturated rings. The molecule has 4 nitrogen and oxygen atoms in total. The fourth-order valence-electron chi connectivity index (χ4n) is 0.768. The summed E-state index contributed by atoms with van der Waals surface area (Å²) in [7, 11) is 0. The van der Waals surface area contributed by atoms with E-state index >= 15 is 0 Å². The van der Waals surface area contributed by atoms with E-state index in [0.717, 1.165) is 0 Å². The van der Waals surface area contributed by atoms with Crippen LogP contribution in [0.5, 0.6) is 0 Å². The SMILES string of the molecule is O=Cc1ccc([N+](=O)[O-])c(S)c1. The van der Waals surface area contributed by atoms with Crippen LogP contribution >= 0.6 is 12.6 Å². The van der Waals surface area contributed by atoms with Gasteiger partial charge in [0.1, 0.15) is 6.29 Å². The lowest BCUT2D eigenvalue weighted by Crippen LogP contribution is -1.90. The highest BCUT2D eigenvalue weighted by Crippen LogP contribution is 2.22. The lowest BCUT2D eigenvalue weighted by Gasteiger charge is -1.95. The topological polar surface area (TPSA) is 60.2 Å². The molecule has 0 aliphatic rings. The predicted octanol–water partition coefficient (Wildman–Crippen LogP) is 1.70. The van der Waals surface area contributed by atoms with E-state index in [1.54, 1.807) is 0 Å². The van der Waals surface area contributed by atoms with Crippen LogP contribution in [0.15, 0.2) is 23.1 Å². The predicted molar refractivity (Wildman–Crippen MR) is 45.7 cm³/mol. The van der Waals surface area contributed by atoms with Crippen molar-refractivity contribution in [3.05, 3.63) is 33.9 Å². The van der Waals surface area contributed by atoms with Crippen LogP contribution in [0.2, 0.25) is 0 Å². The number of nitrogens with zero attached hydrogens (tertiary/aromatic N) is 1. The summed E-state index contributed by atoms with van der Waals surface area (Å²) in [6, 6.07) is 3.99. The summed E-state index contributed by atoms with van der Waals surface area (Å²) < 4.78 is 0. The Balaban J connectivity index is 3.20. The first-order chi connectivity index (χ1) is 5.65. The Labute approximate surface area is 73.8 Å². The van der Waals surface area contributed by atoms with E-state index in [9.17, 15) is 14.9 Å². The maximum Gasteiger partial charge on any atom is 0.282 e. The van der Waals surface area contributed by atoms with Crippen LogP contribution in [0.1, 0.15) is 10.4 Å². The van der Waals surface area contributed by atoms with E-state index in [1.807, 2.05) is 0 Å².